The maximum Gasteiger partial charge on any atom is 0.224 e. The minimum Gasteiger partial charge on any atom is -0.508 e. The average molecular weight is 261 g/mol. The van der Waals surface area contributed by atoms with Crippen LogP contribution < -0.4 is 11.1 Å². The van der Waals surface area contributed by atoms with Crippen molar-refractivity contribution in [1.82, 2.24) is 10.3 Å². The number of benzene rings is 1. The fourth-order valence-corrected chi connectivity index (χ4v) is 1.87. The van der Waals surface area contributed by atoms with Crippen molar-refractivity contribution in [2.45, 2.75) is 25.8 Å². The van der Waals surface area contributed by atoms with Crippen LogP contribution in [0.2, 0.25) is 0 Å². The summed E-state index contributed by atoms with van der Waals surface area (Å²) in [5.41, 5.74) is 7.15. The van der Waals surface area contributed by atoms with Crippen molar-refractivity contribution in [3.05, 3.63) is 30.0 Å². The molecule has 2 rings (SSSR count). The Balaban J connectivity index is 2.09. The summed E-state index contributed by atoms with van der Waals surface area (Å²) >= 11 is 0. The molecule has 1 heterocycles. The fraction of sp³-hybridized carbons (Fsp3) is 0.357. The number of aromatic hydroxyl groups is 1. The van der Waals surface area contributed by atoms with E-state index in [1.54, 1.807) is 24.4 Å². The summed E-state index contributed by atoms with van der Waals surface area (Å²) in [6.07, 6.45) is 2.05. The second-order valence-electron chi connectivity index (χ2n) is 5.49. The number of phenols is 1. The molecule has 5 nitrogen and oxygen atoms in total. The van der Waals surface area contributed by atoms with E-state index in [2.05, 4.69) is 10.3 Å². The van der Waals surface area contributed by atoms with Gasteiger partial charge in [-0.2, -0.15) is 0 Å². The molecule has 0 radical (unpaired) electrons. The predicted molar refractivity (Wildman–Crippen MR) is 74.9 cm³/mol. The lowest BCUT2D eigenvalue weighted by atomic mass is 10.1. The van der Waals surface area contributed by atoms with Crippen LogP contribution in [0.5, 0.6) is 5.75 Å². The molecule has 0 aliphatic carbocycles. The van der Waals surface area contributed by atoms with Crippen LogP contribution in [0, 0.1) is 0 Å². The van der Waals surface area contributed by atoms with Crippen LogP contribution in [-0.2, 0) is 11.2 Å². The number of amides is 1. The summed E-state index contributed by atoms with van der Waals surface area (Å²) in [5.74, 6) is 0.111. The number of rotatable bonds is 4. The molecule has 1 amide bonds. The van der Waals surface area contributed by atoms with E-state index in [1.165, 1.54) is 0 Å². The molecule has 0 aliphatic heterocycles. The third-order valence-corrected chi connectivity index (χ3v) is 2.84. The van der Waals surface area contributed by atoms with Gasteiger partial charge in [-0.25, -0.2) is 0 Å². The van der Waals surface area contributed by atoms with Crippen LogP contribution in [-0.4, -0.2) is 28.1 Å². The first-order chi connectivity index (χ1) is 8.85. The van der Waals surface area contributed by atoms with E-state index < -0.39 is 5.54 Å². The molecule has 0 spiro atoms. The van der Waals surface area contributed by atoms with Crippen molar-refractivity contribution < 1.29 is 9.90 Å². The van der Waals surface area contributed by atoms with E-state index in [4.69, 9.17) is 5.73 Å². The van der Waals surface area contributed by atoms with E-state index in [-0.39, 0.29) is 18.1 Å². The van der Waals surface area contributed by atoms with Crippen molar-refractivity contribution in [2.24, 2.45) is 5.73 Å². The highest BCUT2D eigenvalue weighted by atomic mass is 16.3. The molecule has 1 aromatic carbocycles. The molecular weight excluding hydrogens is 242 g/mol. The number of carbonyl (C=O) groups is 1. The lowest BCUT2D eigenvalue weighted by molar-refractivity contribution is -0.120. The molecule has 19 heavy (non-hydrogen) atoms. The largest absolute Gasteiger partial charge is 0.508 e. The smallest absolute Gasteiger partial charge is 0.224 e. The Labute approximate surface area is 111 Å². The molecule has 0 saturated carbocycles. The first kappa shape index (κ1) is 13.4. The van der Waals surface area contributed by atoms with E-state index in [9.17, 15) is 9.90 Å². The van der Waals surface area contributed by atoms with Gasteiger partial charge in [0.1, 0.15) is 5.75 Å². The Hall–Kier alpha value is -2.01. The fourth-order valence-electron chi connectivity index (χ4n) is 1.87. The molecule has 0 aliphatic rings. The van der Waals surface area contributed by atoms with Crippen LogP contribution in [0.25, 0.3) is 10.9 Å². The zero-order valence-corrected chi connectivity index (χ0v) is 11.2. The molecular formula is C14H19N3O2. The van der Waals surface area contributed by atoms with Gasteiger partial charge in [0.15, 0.2) is 0 Å². The Morgan fingerprint density at radius 3 is 2.89 bits per heavy atom. The molecule has 0 atom stereocenters. The Morgan fingerprint density at radius 1 is 1.47 bits per heavy atom. The van der Waals surface area contributed by atoms with Crippen LogP contribution in [0.4, 0.5) is 0 Å². The van der Waals surface area contributed by atoms with Gasteiger partial charge in [-0.3, -0.25) is 4.79 Å². The van der Waals surface area contributed by atoms with Gasteiger partial charge >= 0.3 is 0 Å². The van der Waals surface area contributed by atoms with Crippen molar-refractivity contribution in [2.75, 3.05) is 6.54 Å². The zero-order valence-electron chi connectivity index (χ0n) is 11.2. The number of aromatic amines is 1. The van der Waals surface area contributed by atoms with Crippen LogP contribution in [0.1, 0.15) is 19.4 Å². The lowest BCUT2D eigenvalue weighted by Gasteiger charge is -2.18. The first-order valence-electron chi connectivity index (χ1n) is 6.20. The minimum atomic E-state index is -0.422. The molecule has 0 saturated heterocycles. The minimum absolute atomic E-state index is 0.0808. The number of nitrogens with one attached hydrogen (secondary N) is 2. The van der Waals surface area contributed by atoms with Gasteiger partial charge in [0.2, 0.25) is 5.91 Å². The molecule has 102 valence electrons. The number of aromatic nitrogens is 1. The summed E-state index contributed by atoms with van der Waals surface area (Å²) < 4.78 is 0. The van der Waals surface area contributed by atoms with Crippen LogP contribution in [0.15, 0.2) is 24.4 Å². The number of hydrogen-bond acceptors (Lipinski definition) is 3. The highest BCUT2D eigenvalue weighted by Crippen LogP contribution is 2.23. The van der Waals surface area contributed by atoms with Crippen molar-refractivity contribution >= 4 is 16.8 Å². The predicted octanol–water partition coefficient (Wildman–Crippen LogP) is 1.27. The first-order valence-corrected chi connectivity index (χ1v) is 6.20. The molecule has 0 unspecified atom stereocenters. The highest BCUT2D eigenvalue weighted by Gasteiger charge is 2.14. The number of nitrogens with two attached hydrogens (primary N) is 1. The quantitative estimate of drug-likeness (QED) is 0.668. The van der Waals surface area contributed by atoms with Crippen molar-refractivity contribution in [3.63, 3.8) is 0 Å². The summed E-state index contributed by atoms with van der Waals surface area (Å²) in [6, 6.07) is 5.05. The third-order valence-electron chi connectivity index (χ3n) is 2.84. The number of phenolic OH excluding ortho intramolecular Hbond substituents is 1. The van der Waals surface area contributed by atoms with E-state index >= 15 is 0 Å². The maximum absolute atomic E-state index is 11.8. The van der Waals surface area contributed by atoms with Crippen LogP contribution in [0.3, 0.4) is 0 Å². The standard InChI is InChI=1S/C14H19N3O2/c1-14(2,15)8-17-13(19)5-9-7-16-12-4-3-10(18)6-11(9)12/h3-4,6-7,16,18H,5,8,15H2,1-2H3,(H,17,19). The van der Waals surface area contributed by atoms with Gasteiger partial charge in [-0.1, -0.05) is 0 Å². The lowest BCUT2D eigenvalue weighted by Crippen LogP contribution is -2.45. The van der Waals surface area contributed by atoms with Crippen molar-refractivity contribution in [3.8, 4) is 5.75 Å². The average Bonchev–Trinajstić information content (AvgIpc) is 2.68. The Bertz CT molecular complexity index is 596. The summed E-state index contributed by atoms with van der Waals surface area (Å²) in [5, 5.41) is 13.1. The second kappa shape index (κ2) is 4.93. The van der Waals surface area contributed by atoms with E-state index in [0.717, 1.165) is 16.5 Å². The molecule has 5 N–H and O–H groups in total. The van der Waals surface area contributed by atoms with E-state index in [0.29, 0.717) is 6.54 Å². The van der Waals surface area contributed by atoms with Gasteiger partial charge in [-0.15, -0.1) is 0 Å². The number of hydrogen-bond donors (Lipinski definition) is 4. The maximum atomic E-state index is 11.8. The highest BCUT2D eigenvalue weighted by molar-refractivity contribution is 5.89. The normalized spacial score (nSPS) is 11.7. The molecule has 0 bridgehead atoms. The van der Waals surface area contributed by atoms with Gasteiger partial charge in [-0.05, 0) is 37.6 Å². The van der Waals surface area contributed by atoms with E-state index in [1.807, 2.05) is 13.8 Å². The van der Waals surface area contributed by atoms with Crippen LogP contribution >= 0.6 is 0 Å². The monoisotopic (exact) mass is 261 g/mol. The third kappa shape index (κ3) is 3.48. The molecule has 2 aromatic rings. The molecule has 1 aromatic heterocycles. The zero-order chi connectivity index (χ0) is 14.0. The molecule has 5 heteroatoms. The summed E-state index contributed by atoms with van der Waals surface area (Å²) in [7, 11) is 0. The Morgan fingerprint density at radius 2 is 2.21 bits per heavy atom. The van der Waals surface area contributed by atoms with Gasteiger partial charge in [0.25, 0.3) is 0 Å². The summed E-state index contributed by atoms with van der Waals surface area (Å²) in [6.45, 7) is 4.15. The Kier molecular flexibility index (Phi) is 3.48. The van der Waals surface area contributed by atoms with Gasteiger partial charge in [0, 0.05) is 29.2 Å². The summed E-state index contributed by atoms with van der Waals surface area (Å²) in [4.78, 5) is 14.9. The SMILES string of the molecule is CC(C)(N)CNC(=O)Cc1c[nH]c2ccc(O)cc12. The topological polar surface area (TPSA) is 91.1 Å². The van der Waals surface area contributed by atoms with Crippen molar-refractivity contribution in [1.29, 1.82) is 0 Å². The number of fused-ring (bicyclic) bond motifs is 1. The number of carbonyl (C=O) groups excluding carboxylic acids is 1. The van der Waals surface area contributed by atoms with Gasteiger partial charge in [0.05, 0.1) is 6.42 Å². The second-order valence-corrected chi connectivity index (χ2v) is 5.49. The van der Waals surface area contributed by atoms with Gasteiger partial charge < -0.3 is 21.1 Å². The number of H-pyrrole nitrogens is 1. The molecule has 0 fully saturated rings.